The summed E-state index contributed by atoms with van der Waals surface area (Å²) < 4.78 is 0. The Hall–Kier alpha value is -0.610. The van der Waals surface area contributed by atoms with Crippen molar-refractivity contribution in [2.24, 2.45) is 0 Å². The van der Waals surface area contributed by atoms with Crippen LogP contribution in [0.5, 0.6) is 0 Å². The zero-order valence-electron chi connectivity index (χ0n) is 10.6. The van der Waals surface area contributed by atoms with Gasteiger partial charge in [-0.15, -0.1) is 0 Å². The second-order valence-corrected chi connectivity index (χ2v) is 4.61. The lowest BCUT2D eigenvalue weighted by Gasteiger charge is -2.41. The average Bonchev–Trinajstić information content (AvgIpc) is 2.30. The maximum absolute atomic E-state index is 11.4. The molecule has 2 unspecified atom stereocenters. The monoisotopic (exact) mass is 228 g/mol. The lowest BCUT2D eigenvalue weighted by molar-refractivity contribution is -0.147. The van der Waals surface area contributed by atoms with E-state index < -0.39 is 11.5 Å². The van der Waals surface area contributed by atoms with Gasteiger partial charge in [-0.05, 0) is 45.8 Å². The summed E-state index contributed by atoms with van der Waals surface area (Å²) in [6.07, 6.45) is 3.59. The summed E-state index contributed by atoms with van der Waals surface area (Å²) in [4.78, 5) is 13.7. The molecule has 0 saturated heterocycles. The van der Waals surface area contributed by atoms with E-state index in [0.717, 1.165) is 38.8 Å². The normalized spacial score (nSPS) is 30.6. The van der Waals surface area contributed by atoms with E-state index in [1.54, 1.807) is 7.05 Å². The minimum absolute atomic E-state index is 0.410. The summed E-state index contributed by atoms with van der Waals surface area (Å²) >= 11 is 0. The van der Waals surface area contributed by atoms with E-state index in [9.17, 15) is 9.90 Å². The second kappa shape index (κ2) is 5.64. The molecule has 2 N–H and O–H groups in total. The first-order valence-corrected chi connectivity index (χ1v) is 6.26. The van der Waals surface area contributed by atoms with Gasteiger partial charge in [0.2, 0.25) is 0 Å². The summed E-state index contributed by atoms with van der Waals surface area (Å²) in [6.45, 7) is 6.28. The van der Waals surface area contributed by atoms with Gasteiger partial charge in [-0.25, -0.2) is 0 Å². The third kappa shape index (κ3) is 2.55. The molecule has 0 amide bonds. The highest BCUT2D eigenvalue weighted by molar-refractivity contribution is 5.79. The minimum Gasteiger partial charge on any atom is -0.480 e. The van der Waals surface area contributed by atoms with Crippen molar-refractivity contribution in [3.05, 3.63) is 0 Å². The molecule has 1 saturated carbocycles. The molecule has 0 spiro atoms. The predicted octanol–water partition coefficient (Wildman–Crippen LogP) is 1.31. The molecule has 1 fully saturated rings. The largest absolute Gasteiger partial charge is 0.480 e. The Labute approximate surface area is 98.0 Å². The fourth-order valence-electron chi connectivity index (χ4n) is 2.83. The number of carbonyl (C=O) groups is 1. The fourth-order valence-corrected chi connectivity index (χ4v) is 2.83. The second-order valence-electron chi connectivity index (χ2n) is 4.61. The Morgan fingerprint density at radius 3 is 2.56 bits per heavy atom. The van der Waals surface area contributed by atoms with Gasteiger partial charge < -0.3 is 15.3 Å². The van der Waals surface area contributed by atoms with Crippen LogP contribution in [0.4, 0.5) is 0 Å². The van der Waals surface area contributed by atoms with E-state index in [-0.39, 0.29) is 0 Å². The lowest BCUT2D eigenvalue weighted by atomic mass is 9.78. The van der Waals surface area contributed by atoms with Crippen molar-refractivity contribution in [3.63, 3.8) is 0 Å². The smallest absolute Gasteiger partial charge is 0.323 e. The number of hydrogen-bond donors (Lipinski definition) is 2. The Balaban J connectivity index is 2.75. The van der Waals surface area contributed by atoms with Crippen LogP contribution in [0.1, 0.15) is 39.5 Å². The van der Waals surface area contributed by atoms with Gasteiger partial charge in [-0.3, -0.25) is 4.79 Å². The van der Waals surface area contributed by atoms with Crippen molar-refractivity contribution in [1.82, 2.24) is 10.2 Å². The molecule has 0 aromatic rings. The van der Waals surface area contributed by atoms with Crippen LogP contribution in [0.3, 0.4) is 0 Å². The summed E-state index contributed by atoms with van der Waals surface area (Å²) in [5, 5.41) is 12.4. The highest BCUT2D eigenvalue weighted by atomic mass is 16.4. The molecule has 0 bridgehead atoms. The molecule has 94 valence electrons. The van der Waals surface area contributed by atoms with E-state index in [2.05, 4.69) is 24.1 Å². The van der Waals surface area contributed by atoms with Crippen molar-refractivity contribution in [1.29, 1.82) is 0 Å². The number of carboxylic acid groups (broad SMARTS) is 1. The summed E-state index contributed by atoms with van der Waals surface area (Å²) in [7, 11) is 1.76. The van der Waals surface area contributed by atoms with Gasteiger partial charge in [0.05, 0.1) is 0 Å². The molecule has 4 heteroatoms. The lowest BCUT2D eigenvalue weighted by Crippen LogP contribution is -2.57. The van der Waals surface area contributed by atoms with Gasteiger partial charge in [0.25, 0.3) is 0 Å². The Kier molecular flexibility index (Phi) is 4.74. The number of aliphatic carboxylic acids is 1. The predicted molar refractivity (Wildman–Crippen MR) is 64.6 cm³/mol. The number of nitrogens with one attached hydrogen (secondary N) is 1. The molecule has 2 atom stereocenters. The first-order chi connectivity index (χ1) is 7.59. The van der Waals surface area contributed by atoms with Crippen LogP contribution >= 0.6 is 0 Å². The average molecular weight is 228 g/mol. The van der Waals surface area contributed by atoms with Crippen molar-refractivity contribution in [2.45, 2.75) is 51.1 Å². The number of carboxylic acids is 1. The molecule has 0 aliphatic heterocycles. The summed E-state index contributed by atoms with van der Waals surface area (Å²) in [6, 6.07) is 0.410. The van der Waals surface area contributed by atoms with Crippen molar-refractivity contribution < 1.29 is 9.90 Å². The number of rotatable bonds is 5. The molecule has 0 heterocycles. The summed E-state index contributed by atoms with van der Waals surface area (Å²) in [5.41, 5.74) is -0.703. The highest BCUT2D eigenvalue weighted by Gasteiger charge is 2.42. The van der Waals surface area contributed by atoms with E-state index in [0.29, 0.717) is 6.04 Å². The number of likely N-dealkylation sites (N-methyl/N-ethyl adjacent to an activating group) is 1. The molecule has 1 rings (SSSR count). The van der Waals surface area contributed by atoms with Crippen LogP contribution in [-0.4, -0.2) is 47.7 Å². The van der Waals surface area contributed by atoms with E-state index in [4.69, 9.17) is 0 Å². The van der Waals surface area contributed by atoms with Gasteiger partial charge in [-0.1, -0.05) is 13.8 Å². The maximum Gasteiger partial charge on any atom is 0.323 e. The minimum atomic E-state index is -0.703. The van der Waals surface area contributed by atoms with Crippen LogP contribution in [0.15, 0.2) is 0 Å². The first kappa shape index (κ1) is 13.5. The zero-order valence-corrected chi connectivity index (χ0v) is 10.6. The Morgan fingerprint density at radius 2 is 2.12 bits per heavy atom. The number of hydrogen-bond acceptors (Lipinski definition) is 3. The molecule has 16 heavy (non-hydrogen) atoms. The van der Waals surface area contributed by atoms with Gasteiger partial charge in [0.1, 0.15) is 5.54 Å². The third-order valence-corrected chi connectivity index (χ3v) is 3.94. The van der Waals surface area contributed by atoms with Crippen LogP contribution in [-0.2, 0) is 4.79 Å². The zero-order chi connectivity index (χ0) is 12.2. The van der Waals surface area contributed by atoms with Crippen molar-refractivity contribution in [2.75, 3.05) is 20.1 Å². The Morgan fingerprint density at radius 1 is 1.50 bits per heavy atom. The third-order valence-electron chi connectivity index (χ3n) is 3.94. The van der Waals surface area contributed by atoms with Gasteiger partial charge in [0.15, 0.2) is 0 Å². The van der Waals surface area contributed by atoms with E-state index in [1.165, 1.54) is 0 Å². The molecule has 1 aliphatic rings. The van der Waals surface area contributed by atoms with Gasteiger partial charge in [0, 0.05) is 6.04 Å². The standard InChI is InChI=1S/C12H24N2O2/c1-4-14(5-2)10-7-6-8-12(9-10,13-3)11(15)16/h10,13H,4-9H2,1-3H3,(H,15,16). The molecule has 0 radical (unpaired) electrons. The highest BCUT2D eigenvalue weighted by Crippen LogP contribution is 2.31. The maximum atomic E-state index is 11.4. The molecular weight excluding hydrogens is 204 g/mol. The molecule has 4 nitrogen and oxygen atoms in total. The van der Waals surface area contributed by atoms with Crippen LogP contribution in [0, 0.1) is 0 Å². The van der Waals surface area contributed by atoms with E-state index >= 15 is 0 Å². The molecular formula is C12H24N2O2. The van der Waals surface area contributed by atoms with Gasteiger partial charge in [-0.2, -0.15) is 0 Å². The van der Waals surface area contributed by atoms with Crippen molar-refractivity contribution >= 4 is 5.97 Å². The Bertz CT molecular complexity index is 241. The number of nitrogens with zero attached hydrogens (tertiary/aromatic N) is 1. The van der Waals surface area contributed by atoms with Crippen molar-refractivity contribution in [3.8, 4) is 0 Å². The SMILES string of the molecule is CCN(CC)C1CCCC(NC)(C(=O)O)C1. The quantitative estimate of drug-likeness (QED) is 0.745. The fraction of sp³-hybridized carbons (Fsp3) is 0.917. The van der Waals surface area contributed by atoms with Crippen LogP contribution in [0.2, 0.25) is 0 Å². The molecule has 0 aromatic carbocycles. The van der Waals surface area contributed by atoms with Crippen LogP contribution in [0.25, 0.3) is 0 Å². The van der Waals surface area contributed by atoms with Gasteiger partial charge >= 0.3 is 5.97 Å². The first-order valence-electron chi connectivity index (χ1n) is 6.26. The van der Waals surface area contributed by atoms with E-state index in [1.807, 2.05) is 0 Å². The van der Waals surface area contributed by atoms with Crippen LogP contribution < -0.4 is 5.32 Å². The topological polar surface area (TPSA) is 52.6 Å². The summed E-state index contributed by atoms with van der Waals surface area (Å²) in [5.74, 6) is -0.702. The molecule has 1 aliphatic carbocycles. The molecule has 0 aromatic heterocycles.